The summed E-state index contributed by atoms with van der Waals surface area (Å²) in [6, 6.07) is 6.96. The third-order valence-corrected chi connectivity index (χ3v) is 5.37. The van der Waals surface area contributed by atoms with Crippen molar-refractivity contribution >= 4 is 17.9 Å². The molecule has 1 aromatic heterocycles. The molecule has 1 aromatic carbocycles. The second-order valence-corrected chi connectivity index (χ2v) is 7.35. The predicted molar refractivity (Wildman–Crippen MR) is 113 cm³/mol. The number of halogens is 1. The van der Waals surface area contributed by atoms with Gasteiger partial charge in [0.2, 0.25) is 0 Å². The molecule has 6 heteroatoms. The van der Waals surface area contributed by atoms with Crippen LogP contribution in [0.4, 0.5) is 4.39 Å². The lowest BCUT2D eigenvalue weighted by Crippen LogP contribution is -2.45. The SMILES string of the molecule is CCN1CCN(Cc2cncc(/C(F)=C/c3cc(C(=O)OC)ccc3C)c2)CC1. The molecule has 154 valence electrons. The smallest absolute Gasteiger partial charge is 0.337 e. The van der Waals surface area contributed by atoms with Crippen LogP contribution < -0.4 is 0 Å². The number of rotatable bonds is 6. The summed E-state index contributed by atoms with van der Waals surface area (Å²) in [7, 11) is 1.33. The van der Waals surface area contributed by atoms with E-state index in [2.05, 4.69) is 21.7 Å². The van der Waals surface area contributed by atoms with Crippen LogP contribution in [0.2, 0.25) is 0 Å². The highest BCUT2D eigenvalue weighted by atomic mass is 19.1. The molecule has 0 saturated carbocycles. The topological polar surface area (TPSA) is 45.7 Å². The van der Waals surface area contributed by atoms with Crippen molar-refractivity contribution in [3.8, 4) is 0 Å². The fourth-order valence-corrected chi connectivity index (χ4v) is 3.49. The first-order valence-corrected chi connectivity index (χ1v) is 9.95. The van der Waals surface area contributed by atoms with Crippen LogP contribution in [0.15, 0.2) is 36.7 Å². The van der Waals surface area contributed by atoms with Crippen LogP contribution in [-0.2, 0) is 11.3 Å². The molecule has 0 bridgehead atoms. The van der Waals surface area contributed by atoms with Crippen molar-refractivity contribution in [1.82, 2.24) is 14.8 Å². The Balaban J connectivity index is 1.75. The Morgan fingerprint density at radius 2 is 1.86 bits per heavy atom. The molecule has 1 saturated heterocycles. The molecular weight excluding hydrogens is 369 g/mol. The van der Waals surface area contributed by atoms with Gasteiger partial charge in [-0.3, -0.25) is 9.88 Å². The second-order valence-electron chi connectivity index (χ2n) is 7.35. The lowest BCUT2D eigenvalue weighted by atomic mass is 10.0. The number of pyridine rings is 1. The molecule has 1 aliphatic heterocycles. The molecule has 0 spiro atoms. The number of hydrogen-bond donors (Lipinski definition) is 0. The van der Waals surface area contributed by atoms with Crippen molar-refractivity contribution in [2.75, 3.05) is 39.8 Å². The molecule has 2 aromatic rings. The third-order valence-electron chi connectivity index (χ3n) is 5.37. The number of nitrogens with zero attached hydrogens (tertiary/aromatic N) is 3. The van der Waals surface area contributed by atoms with E-state index >= 15 is 0 Å². The molecular formula is C23H28FN3O2. The van der Waals surface area contributed by atoms with Crippen LogP contribution in [0, 0.1) is 6.92 Å². The Morgan fingerprint density at radius 3 is 2.55 bits per heavy atom. The number of ether oxygens (including phenoxy) is 1. The number of aromatic nitrogens is 1. The van der Waals surface area contributed by atoms with Crippen molar-refractivity contribution in [3.63, 3.8) is 0 Å². The Hall–Kier alpha value is -2.57. The van der Waals surface area contributed by atoms with Crippen molar-refractivity contribution in [2.24, 2.45) is 0 Å². The Bertz CT molecular complexity index is 889. The molecule has 0 amide bonds. The lowest BCUT2D eigenvalue weighted by Gasteiger charge is -2.33. The van der Waals surface area contributed by atoms with Crippen molar-refractivity contribution < 1.29 is 13.9 Å². The van der Waals surface area contributed by atoms with Crippen LogP contribution in [0.1, 0.15) is 39.5 Å². The Labute approximate surface area is 171 Å². The number of esters is 1. The fraction of sp³-hybridized carbons (Fsp3) is 0.391. The first-order chi connectivity index (χ1) is 14.0. The van der Waals surface area contributed by atoms with Gasteiger partial charge in [-0.1, -0.05) is 13.0 Å². The van der Waals surface area contributed by atoms with Gasteiger partial charge >= 0.3 is 5.97 Å². The van der Waals surface area contributed by atoms with Gasteiger partial charge in [0.25, 0.3) is 0 Å². The number of carbonyl (C=O) groups excluding carboxylic acids is 1. The quantitative estimate of drug-likeness (QED) is 0.694. The van der Waals surface area contributed by atoms with Gasteiger partial charge in [0.15, 0.2) is 0 Å². The van der Waals surface area contributed by atoms with E-state index in [9.17, 15) is 9.18 Å². The average Bonchev–Trinajstić information content (AvgIpc) is 2.75. The van der Waals surface area contributed by atoms with Gasteiger partial charge in [-0.15, -0.1) is 0 Å². The minimum absolute atomic E-state index is 0.375. The largest absolute Gasteiger partial charge is 0.465 e. The summed E-state index contributed by atoms with van der Waals surface area (Å²) in [6.07, 6.45) is 4.78. The Kier molecular flexibility index (Phi) is 7.12. The minimum atomic E-state index is -0.438. The van der Waals surface area contributed by atoms with E-state index < -0.39 is 5.97 Å². The minimum Gasteiger partial charge on any atom is -0.465 e. The van der Waals surface area contributed by atoms with Crippen LogP contribution >= 0.6 is 0 Å². The number of carbonyl (C=O) groups is 1. The summed E-state index contributed by atoms with van der Waals surface area (Å²) in [5.41, 5.74) is 3.36. The first kappa shape index (κ1) is 21.1. The third kappa shape index (κ3) is 5.49. The number of likely N-dealkylation sites (N-methyl/N-ethyl adjacent to an activating group) is 1. The molecule has 1 fully saturated rings. The van der Waals surface area contributed by atoms with E-state index in [4.69, 9.17) is 4.74 Å². The van der Waals surface area contributed by atoms with Crippen LogP contribution in [0.25, 0.3) is 11.9 Å². The van der Waals surface area contributed by atoms with E-state index in [1.165, 1.54) is 19.4 Å². The second kappa shape index (κ2) is 9.76. The zero-order valence-corrected chi connectivity index (χ0v) is 17.3. The predicted octanol–water partition coefficient (Wildman–Crippen LogP) is 3.78. The molecule has 0 aliphatic carbocycles. The summed E-state index contributed by atoms with van der Waals surface area (Å²) < 4.78 is 19.7. The van der Waals surface area contributed by atoms with Gasteiger partial charge in [0, 0.05) is 50.7 Å². The maximum Gasteiger partial charge on any atom is 0.337 e. The number of aryl methyl sites for hydroxylation is 1. The van der Waals surface area contributed by atoms with Gasteiger partial charge in [-0.25, -0.2) is 9.18 Å². The van der Waals surface area contributed by atoms with Crippen molar-refractivity contribution in [1.29, 1.82) is 0 Å². The zero-order valence-electron chi connectivity index (χ0n) is 17.3. The zero-order chi connectivity index (χ0) is 20.8. The van der Waals surface area contributed by atoms with E-state index in [0.717, 1.165) is 50.4 Å². The van der Waals surface area contributed by atoms with Gasteiger partial charge in [-0.2, -0.15) is 0 Å². The van der Waals surface area contributed by atoms with E-state index in [1.807, 2.05) is 13.0 Å². The number of methoxy groups -OCH3 is 1. The maximum atomic E-state index is 15.0. The first-order valence-electron chi connectivity index (χ1n) is 9.95. The summed E-state index contributed by atoms with van der Waals surface area (Å²) >= 11 is 0. The number of hydrogen-bond acceptors (Lipinski definition) is 5. The standard InChI is InChI=1S/C23H28FN3O2/c1-4-26-7-9-27(10-8-26)16-18-11-21(15-25-14-18)22(24)13-20-12-19(23(28)29-3)6-5-17(20)2/h5-6,11-15H,4,7-10,16H2,1-3H3/b22-13-. The molecule has 5 nitrogen and oxygen atoms in total. The van der Waals surface area contributed by atoms with E-state index in [0.29, 0.717) is 16.7 Å². The molecule has 0 radical (unpaired) electrons. The Morgan fingerprint density at radius 1 is 1.14 bits per heavy atom. The highest BCUT2D eigenvalue weighted by Crippen LogP contribution is 2.23. The van der Waals surface area contributed by atoms with Crippen molar-refractivity contribution in [3.05, 3.63) is 64.5 Å². The summed E-state index contributed by atoms with van der Waals surface area (Å²) in [5.74, 6) is -0.813. The molecule has 0 unspecified atom stereocenters. The van der Waals surface area contributed by atoms with E-state index in [-0.39, 0.29) is 5.83 Å². The molecule has 0 N–H and O–H groups in total. The van der Waals surface area contributed by atoms with Crippen molar-refractivity contribution in [2.45, 2.75) is 20.4 Å². The highest BCUT2D eigenvalue weighted by Gasteiger charge is 2.16. The molecule has 3 rings (SSSR count). The monoisotopic (exact) mass is 397 g/mol. The summed E-state index contributed by atoms with van der Waals surface area (Å²) in [6.45, 7) is 10.1. The van der Waals surface area contributed by atoms with Crippen LogP contribution in [0.5, 0.6) is 0 Å². The summed E-state index contributed by atoms with van der Waals surface area (Å²) in [4.78, 5) is 20.8. The van der Waals surface area contributed by atoms with Gasteiger partial charge < -0.3 is 9.64 Å². The fourth-order valence-electron chi connectivity index (χ4n) is 3.49. The maximum absolute atomic E-state index is 15.0. The van der Waals surface area contributed by atoms with Crippen LogP contribution in [-0.4, -0.2) is 60.6 Å². The van der Waals surface area contributed by atoms with Crippen LogP contribution in [0.3, 0.4) is 0 Å². The lowest BCUT2D eigenvalue weighted by molar-refractivity contribution is 0.0600. The molecule has 0 atom stereocenters. The molecule has 1 aliphatic rings. The van der Waals surface area contributed by atoms with Gasteiger partial charge in [0.1, 0.15) is 5.83 Å². The molecule has 29 heavy (non-hydrogen) atoms. The average molecular weight is 397 g/mol. The summed E-state index contributed by atoms with van der Waals surface area (Å²) in [5, 5.41) is 0. The van der Waals surface area contributed by atoms with Gasteiger partial charge in [-0.05, 0) is 54.4 Å². The number of piperazine rings is 1. The molecule has 2 heterocycles. The normalized spacial score (nSPS) is 16.1. The highest BCUT2D eigenvalue weighted by molar-refractivity contribution is 5.91. The van der Waals surface area contributed by atoms with E-state index in [1.54, 1.807) is 24.4 Å². The van der Waals surface area contributed by atoms with Gasteiger partial charge in [0.05, 0.1) is 12.7 Å². The number of benzene rings is 1.